The Kier molecular flexibility index (Phi) is 3.94. The van der Waals surface area contributed by atoms with E-state index in [9.17, 15) is 14.7 Å². The van der Waals surface area contributed by atoms with Gasteiger partial charge in [0.05, 0.1) is 5.41 Å². The molecule has 2 rings (SSSR count). The molecule has 21 heavy (non-hydrogen) atoms. The average Bonchev–Trinajstić information content (AvgIpc) is 3.16. The second kappa shape index (κ2) is 5.39. The van der Waals surface area contributed by atoms with Gasteiger partial charge in [-0.3, -0.25) is 4.79 Å². The van der Waals surface area contributed by atoms with Crippen molar-refractivity contribution in [2.45, 2.75) is 51.2 Å². The summed E-state index contributed by atoms with van der Waals surface area (Å²) in [5, 5.41) is 11.9. The standard InChI is InChI=1S/C16H21NO4/c1-15(2,3)21-14(20)17-10-11-4-6-12(7-5-11)16(8-9-16)13(18)19/h4-7H,8-10H2,1-3H3,(H,17,20)(H,18,19). The van der Waals surface area contributed by atoms with Crippen molar-refractivity contribution in [3.63, 3.8) is 0 Å². The highest BCUT2D eigenvalue weighted by atomic mass is 16.6. The number of hydrogen-bond donors (Lipinski definition) is 2. The zero-order chi connectivity index (χ0) is 15.7. The first-order valence-corrected chi connectivity index (χ1v) is 7.03. The summed E-state index contributed by atoms with van der Waals surface area (Å²) in [6.45, 7) is 5.78. The van der Waals surface area contributed by atoms with Crippen LogP contribution in [0, 0.1) is 0 Å². The maximum atomic E-state index is 11.5. The van der Waals surface area contributed by atoms with Gasteiger partial charge in [-0.2, -0.15) is 0 Å². The third kappa shape index (κ3) is 3.74. The van der Waals surface area contributed by atoms with E-state index in [2.05, 4.69) is 5.32 Å². The number of hydrogen-bond acceptors (Lipinski definition) is 3. The monoisotopic (exact) mass is 291 g/mol. The first-order valence-electron chi connectivity index (χ1n) is 7.03. The minimum atomic E-state index is -0.762. The summed E-state index contributed by atoms with van der Waals surface area (Å²) in [7, 11) is 0. The van der Waals surface area contributed by atoms with Gasteiger partial charge in [0.2, 0.25) is 0 Å². The van der Waals surface area contributed by atoms with Gasteiger partial charge in [0.1, 0.15) is 5.60 Å². The van der Waals surface area contributed by atoms with Crippen LogP contribution in [0.4, 0.5) is 4.79 Å². The van der Waals surface area contributed by atoms with E-state index in [0.717, 1.165) is 11.1 Å². The van der Waals surface area contributed by atoms with Crippen molar-refractivity contribution in [3.8, 4) is 0 Å². The Labute approximate surface area is 124 Å². The largest absolute Gasteiger partial charge is 0.481 e. The van der Waals surface area contributed by atoms with Crippen LogP contribution >= 0.6 is 0 Å². The number of rotatable bonds is 4. The van der Waals surface area contributed by atoms with E-state index in [4.69, 9.17) is 4.74 Å². The normalized spacial score (nSPS) is 16.1. The van der Waals surface area contributed by atoms with Gasteiger partial charge in [-0.05, 0) is 44.7 Å². The second-order valence-corrected chi connectivity index (χ2v) is 6.44. The summed E-state index contributed by atoms with van der Waals surface area (Å²) in [6.07, 6.45) is 0.922. The van der Waals surface area contributed by atoms with Crippen LogP contribution in [0.1, 0.15) is 44.7 Å². The number of carbonyl (C=O) groups is 2. The predicted octanol–water partition coefficient (Wildman–Crippen LogP) is 2.83. The predicted molar refractivity (Wildman–Crippen MR) is 78.1 cm³/mol. The molecule has 1 aliphatic carbocycles. The van der Waals surface area contributed by atoms with Crippen LogP contribution in [0.2, 0.25) is 0 Å². The van der Waals surface area contributed by atoms with Gasteiger partial charge < -0.3 is 15.2 Å². The molecule has 5 nitrogen and oxygen atoms in total. The quantitative estimate of drug-likeness (QED) is 0.894. The van der Waals surface area contributed by atoms with E-state index in [0.29, 0.717) is 19.4 Å². The van der Waals surface area contributed by atoms with Crippen molar-refractivity contribution in [1.82, 2.24) is 5.32 Å². The molecule has 0 unspecified atom stereocenters. The first-order chi connectivity index (χ1) is 9.73. The van der Waals surface area contributed by atoms with Gasteiger partial charge in [-0.15, -0.1) is 0 Å². The molecule has 2 N–H and O–H groups in total. The maximum absolute atomic E-state index is 11.5. The molecule has 114 valence electrons. The fourth-order valence-corrected chi connectivity index (χ4v) is 2.18. The lowest BCUT2D eigenvalue weighted by molar-refractivity contribution is -0.140. The Morgan fingerprint density at radius 3 is 2.24 bits per heavy atom. The molecular weight excluding hydrogens is 270 g/mol. The van der Waals surface area contributed by atoms with Crippen LogP contribution < -0.4 is 5.32 Å². The average molecular weight is 291 g/mol. The molecule has 0 bridgehead atoms. The Bertz CT molecular complexity index is 538. The van der Waals surface area contributed by atoms with E-state index in [1.807, 2.05) is 45.0 Å². The van der Waals surface area contributed by atoms with E-state index in [-0.39, 0.29) is 0 Å². The van der Waals surface area contributed by atoms with Crippen LogP contribution in [0.5, 0.6) is 0 Å². The van der Waals surface area contributed by atoms with Crippen LogP contribution in [0.15, 0.2) is 24.3 Å². The fourth-order valence-electron chi connectivity index (χ4n) is 2.18. The molecule has 1 aromatic rings. The summed E-state index contributed by atoms with van der Waals surface area (Å²) >= 11 is 0. The van der Waals surface area contributed by atoms with Crippen LogP contribution in [0.25, 0.3) is 0 Å². The zero-order valence-electron chi connectivity index (χ0n) is 12.6. The summed E-state index contributed by atoms with van der Waals surface area (Å²) < 4.78 is 5.15. The number of ether oxygens (including phenoxy) is 1. The molecule has 0 atom stereocenters. The number of alkyl carbamates (subject to hydrolysis) is 1. The van der Waals surface area contributed by atoms with Crippen molar-refractivity contribution in [1.29, 1.82) is 0 Å². The van der Waals surface area contributed by atoms with Gasteiger partial charge >= 0.3 is 12.1 Å². The molecular formula is C16H21NO4. The van der Waals surface area contributed by atoms with Crippen LogP contribution in [-0.2, 0) is 21.5 Å². The third-order valence-corrected chi connectivity index (χ3v) is 3.50. The molecule has 1 saturated carbocycles. The Morgan fingerprint density at radius 2 is 1.81 bits per heavy atom. The molecule has 0 aromatic heterocycles. The highest BCUT2D eigenvalue weighted by Crippen LogP contribution is 2.48. The SMILES string of the molecule is CC(C)(C)OC(=O)NCc1ccc(C2(C(=O)O)CC2)cc1. The van der Waals surface area contributed by atoms with E-state index in [1.54, 1.807) is 0 Å². The smallest absolute Gasteiger partial charge is 0.407 e. The number of carboxylic acids is 1. The minimum absolute atomic E-state index is 0.356. The molecule has 5 heteroatoms. The van der Waals surface area contributed by atoms with Gasteiger partial charge in [0, 0.05) is 6.54 Å². The lowest BCUT2D eigenvalue weighted by Gasteiger charge is -2.19. The number of amides is 1. The lowest BCUT2D eigenvalue weighted by Crippen LogP contribution is -2.32. The highest BCUT2D eigenvalue weighted by Gasteiger charge is 2.51. The molecule has 1 aliphatic rings. The Hall–Kier alpha value is -2.04. The lowest BCUT2D eigenvalue weighted by atomic mass is 9.95. The van der Waals surface area contributed by atoms with Crippen molar-refractivity contribution >= 4 is 12.1 Å². The molecule has 0 radical (unpaired) electrons. The van der Waals surface area contributed by atoms with Gasteiger partial charge in [0.15, 0.2) is 0 Å². The summed E-state index contributed by atoms with van der Waals surface area (Å²) in [6, 6.07) is 7.34. The number of aliphatic carboxylic acids is 1. The Balaban J connectivity index is 1.92. The number of nitrogens with one attached hydrogen (secondary N) is 1. The van der Waals surface area contributed by atoms with Crippen molar-refractivity contribution in [2.24, 2.45) is 0 Å². The third-order valence-electron chi connectivity index (χ3n) is 3.50. The summed E-state index contributed by atoms with van der Waals surface area (Å²) in [5.41, 5.74) is 0.534. The number of carboxylic acid groups (broad SMARTS) is 1. The molecule has 0 spiro atoms. The summed E-state index contributed by atoms with van der Waals surface area (Å²) in [5.74, 6) is -0.762. The molecule has 1 fully saturated rings. The van der Waals surface area contributed by atoms with Crippen molar-refractivity contribution < 1.29 is 19.4 Å². The summed E-state index contributed by atoms with van der Waals surface area (Å²) in [4.78, 5) is 22.8. The van der Waals surface area contributed by atoms with Crippen LogP contribution in [0.3, 0.4) is 0 Å². The highest BCUT2D eigenvalue weighted by molar-refractivity contribution is 5.84. The van der Waals surface area contributed by atoms with Crippen molar-refractivity contribution in [3.05, 3.63) is 35.4 Å². The number of benzene rings is 1. The molecule has 1 aromatic carbocycles. The molecule has 0 aliphatic heterocycles. The van der Waals surface area contributed by atoms with Gasteiger partial charge in [0.25, 0.3) is 0 Å². The Morgan fingerprint density at radius 1 is 1.24 bits per heavy atom. The van der Waals surface area contributed by atoms with E-state index in [1.165, 1.54) is 0 Å². The van der Waals surface area contributed by atoms with Gasteiger partial charge in [-0.25, -0.2) is 4.79 Å². The fraction of sp³-hybridized carbons (Fsp3) is 0.500. The molecule has 1 amide bonds. The first kappa shape index (κ1) is 15.4. The van der Waals surface area contributed by atoms with E-state index < -0.39 is 23.1 Å². The zero-order valence-corrected chi connectivity index (χ0v) is 12.6. The van der Waals surface area contributed by atoms with E-state index >= 15 is 0 Å². The number of carbonyl (C=O) groups excluding carboxylic acids is 1. The minimum Gasteiger partial charge on any atom is -0.481 e. The molecule has 0 heterocycles. The van der Waals surface area contributed by atoms with Gasteiger partial charge in [-0.1, -0.05) is 24.3 Å². The maximum Gasteiger partial charge on any atom is 0.407 e. The topological polar surface area (TPSA) is 75.6 Å². The second-order valence-electron chi connectivity index (χ2n) is 6.44. The van der Waals surface area contributed by atoms with Crippen LogP contribution in [-0.4, -0.2) is 22.8 Å². The molecule has 0 saturated heterocycles. The van der Waals surface area contributed by atoms with Crippen molar-refractivity contribution in [2.75, 3.05) is 0 Å².